The topological polar surface area (TPSA) is 33.5 Å². The quantitative estimate of drug-likeness (QED) is 0.834. The molecule has 0 spiro atoms. The summed E-state index contributed by atoms with van der Waals surface area (Å²) in [4.78, 5) is 14.1. The van der Waals surface area contributed by atoms with Gasteiger partial charge in [-0.25, -0.2) is 0 Å². The van der Waals surface area contributed by atoms with Gasteiger partial charge in [-0.3, -0.25) is 4.79 Å². The number of amides is 1. The molecule has 2 rings (SSSR count). The highest BCUT2D eigenvalue weighted by Crippen LogP contribution is 2.23. The van der Waals surface area contributed by atoms with Crippen molar-refractivity contribution in [1.29, 1.82) is 0 Å². The van der Waals surface area contributed by atoms with E-state index in [1.165, 1.54) is 6.42 Å². The number of furan rings is 1. The minimum atomic E-state index is 0.0252. The van der Waals surface area contributed by atoms with Crippen molar-refractivity contribution in [2.24, 2.45) is 0 Å². The van der Waals surface area contributed by atoms with Gasteiger partial charge in [0, 0.05) is 12.6 Å². The normalized spacial score (nSPS) is 21.1. The summed E-state index contributed by atoms with van der Waals surface area (Å²) in [5.41, 5.74) is 0. The van der Waals surface area contributed by atoms with Crippen LogP contribution in [0.1, 0.15) is 43.2 Å². The van der Waals surface area contributed by atoms with Crippen LogP contribution in [0, 0.1) is 0 Å². The van der Waals surface area contributed by atoms with Crippen molar-refractivity contribution in [3.63, 3.8) is 0 Å². The Labute approximate surface area is 104 Å². The summed E-state index contributed by atoms with van der Waals surface area (Å²) >= 11 is 3.22. The van der Waals surface area contributed by atoms with Gasteiger partial charge in [0.15, 0.2) is 10.4 Å². The molecule has 16 heavy (non-hydrogen) atoms. The lowest BCUT2D eigenvalue weighted by molar-refractivity contribution is 0.0574. The van der Waals surface area contributed by atoms with Crippen molar-refractivity contribution >= 4 is 21.8 Å². The average Bonchev–Trinajstić information content (AvgIpc) is 2.75. The highest BCUT2D eigenvalue weighted by atomic mass is 79.9. The molecule has 88 valence electrons. The summed E-state index contributed by atoms with van der Waals surface area (Å²) in [5.74, 6) is 0.462. The van der Waals surface area contributed by atoms with Crippen molar-refractivity contribution < 1.29 is 9.21 Å². The maximum absolute atomic E-state index is 12.2. The Morgan fingerprint density at radius 3 is 3.00 bits per heavy atom. The summed E-state index contributed by atoms with van der Waals surface area (Å²) in [7, 11) is 0. The summed E-state index contributed by atoms with van der Waals surface area (Å²) in [6.07, 6.45) is 4.46. The molecule has 1 unspecified atom stereocenters. The molecular formula is C12H16BrNO2. The van der Waals surface area contributed by atoms with E-state index in [0.717, 1.165) is 25.8 Å². The van der Waals surface area contributed by atoms with E-state index >= 15 is 0 Å². The fraction of sp³-hybridized carbons (Fsp3) is 0.583. The van der Waals surface area contributed by atoms with E-state index < -0.39 is 0 Å². The molecule has 3 nitrogen and oxygen atoms in total. The summed E-state index contributed by atoms with van der Waals surface area (Å²) < 4.78 is 5.93. The van der Waals surface area contributed by atoms with Gasteiger partial charge in [-0.05, 0) is 53.7 Å². The van der Waals surface area contributed by atoms with E-state index in [-0.39, 0.29) is 5.91 Å². The molecule has 0 saturated carbocycles. The fourth-order valence-electron chi connectivity index (χ4n) is 2.26. The third kappa shape index (κ3) is 2.32. The number of carbonyl (C=O) groups is 1. The van der Waals surface area contributed by atoms with Crippen LogP contribution >= 0.6 is 15.9 Å². The number of likely N-dealkylation sites (tertiary alicyclic amines) is 1. The molecule has 1 aliphatic rings. The van der Waals surface area contributed by atoms with Crippen molar-refractivity contribution in [3.05, 3.63) is 22.6 Å². The maximum Gasteiger partial charge on any atom is 0.289 e. The first-order chi connectivity index (χ1) is 7.72. The molecule has 1 saturated heterocycles. The Kier molecular flexibility index (Phi) is 3.69. The van der Waals surface area contributed by atoms with Crippen molar-refractivity contribution in [3.8, 4) is 0 Å². The van der Waals surface area contributed by atoms with E-state index in [1.54, 1.807) is 12.1 Å². The number of hydrogen-bond acceptors (Lipinski definition) is 2. The smallest absolute Gasteiger partial charge is 0.289 e. The first-order valence-electron chi connectivity index (χ1n) is 5.78. The zero-order valence-corrected chi connectivity index (χ0v) is 11.0. The van der Waals surface area contributed by atoms with Crippen molar-refractivity contribution in [2.45, 2.75) is 38.6 Å². The number of halogens is 1. The molecule has 1 atom stereocenters. The van der Waals surface area contributed by atoms with Crippen LogP contribution in [-0.4, -0.2) is 23.4 Å². The maximum atomic E-state index is 12.2. The molecule has 0 radical (unpaired) electrons. The van der Waals surface area contributed by atoms with Gasteiger partial charge in [-0.1, -0.05) is 6.92 Å². The van der Waals surface area contributed by atoms with Crippen LogP contribution in [0.2, 0.25) is 0 Å². The first-order valence-corrected chi connectivity index (χ1v) is 6.58. The van der Waals surface area contributed by atoms with E-state index in [2.05, 4.69) is 22.9 Å². The number of piperidine rings is 1. The molecular weight excluding hydrogens is 270 g/mol. The van der Waals surface area contributed by atoms with E-state index in [4.69, 9.17) is 4.42 Å². The molecule has 1 amide bonds. The second kappa shape index (κ2) is 5.04. The molecule has 0 aliphatic carbocycles. The number of rotatable bonds is 2. The minimum Gasteiger partial charge on any atom is -0.444 e. The lowest BCUT2D eigenvalue weighted by atomic mass is 10.00. The van der Waals surface area contributed by atoms with Gasteiger partial charge in [-0.2, -0.15) is 0 Å². The molecule has 0 bridgehead atoms. The Hall–Kier alpha value is -0.770. The third-order valence-electron chi connectivity index (χ3n) is 3.14. The molecule has 0 N–H and O–H groups in total. The second-order valence-electron chi connectivity index (χ2n) is 4.16. The Morgan fingerprint density at radius 2 is 2.38 bits per heavy atom. The molecule has 2 heterocycles. The van der Waals surface area contributed by atoms with Crippen LogP contribution in [0.3, 0.4) is 0 Å². The standard InChI is InChI=1S/C12H16BrNO2/c1-2-9-5-3-4-8-14(9)12(15)10-6-7-11(13)16-10/h6-7,9H,2-5,8H2,1H3. The Balaban J connectivity index is 2.13. The monoisotopic (exact) mass is 285 g/mol. The van der Waals surface area contributed by atoms with Gasteiger partial charge in [0.25, 0.3) is 5.91 Å². The number of nitrogens with zero attached hydrogens (tertiary/aromatic N) is 1. The van der Waals surface area contributed by atoms with E-state index in [1.807, 2.05) is 4.90 Å². The predicted molar refractivity (Wildman–Crippen MR) is 65.4 cm³/mol. The zero-order chi connectivity index (χ0) is 11.5. The fourth-order valence-corrected chi connectivity index (χ4v) is 2.57. The first kappa shape index (κ1) is 11.7. The molecule has 1 aliphatic heterocycles. The molecule has 1 aromatic rings. The highest BCUT2D eigenvalue weighted by molar-refractivity contribution is 9.10. The number of hydrogen-bond donors (Lipinski definition) is 0. The van der Waals surface area contributed by atoms with E-state index in [9.17, 15) is 4.79 Å². The average molecular weight is 286 g/mol. The Bertz CT molecular complexity index is 375. The van der Waals surface area contributed by atoms with Gasteiger partial charge in [0.2, 0.25) is 0 Å². The summed E-state index contributed by atoms with van der Waals surface area (Å²) in [5, 5.41) is 0. The third-order valence-corrected chi connectivity index (χ3v) is 3.57. The van der Waals surface area contributed by atoms with Crippen LogP contribution < -0.4 is 0 Å². The summed E-state index contributed by atoms with van der Waals surface area (Å²) in [6, 6.07) is 3.87. The van der Waals surface area contributed by atoms with Gasteiger partial charge in [0.05, 0.1) is 0 Å². The second-order valence-corrected chi connectivity index (χ2v) is 4.94. The molecule has 1 fully saturated rings. The SMILES string of the molecule is CCC1CCCCN1C(=O)c1ccc(Br)o1. The summed E-state index contributed by atoms with van der Waals surface area (Å²) in [6.45, 7) is 2.99. The van der Waals surface area contributed by atoms with Crippen LogP contribution in [0.4, 0.5) is 0 Å². The van der Waals surface area contributed by atoms with Gasteiger partial charge < -0.3 is 9.32 Å². The van der Waals surface area contributed by atoms with Crippen LogP contribution in [0.25, 0.3) is 0 Å². The Morgan fingerprint density at radius 1 is 1.56 bits per heavy atom. The highest BCUT2D eigenvalue weighted by Gasteiger charge is 2.27. The predicted octanol–water partition coefficient (Wildman–Crippen LogP) is 3.45. The van der Waals surface area contributed by atoms with Crippen LogP contribution in [0.15, 0.2) is 21.2 Å². The van der Waals surface area contributed by atoms with Crippen molar-refractivity contribution in [1.82, 2.24) is 4.90 Å². The van der Waals surface area contributed by atoms with Gasteiger partial charge in [0.1, 0.15) is 0 Å². The van der Waals surface area contributed by atoms with Crippen LogP contribution in [0.5, 0.6) is 0 Å². The van der Waals surface area contributed by atoms with Gasteiger partial charge >= 0.3 is 0 Å². The largest absolute Gasteiger partial charge is 0.444 e. The lowest BCUT2D eigenvalue weighted by Crippen LogP contribution is -2.43. The molecule has 1 aromatic heterocycles. The number of carbonyl (C=O) groups excluding carboxylic acids is 1. The minimum absolute atomic E-state index is 0.0252. The van der Waals surface area contributed by atoms with Crippen LogP contribution in [-0.2, 0) is 0 Å². The molecule has 4 heteroatoms. The molecule has 0 aromatic carbocycles. The zero-order valence-electron chi connectivity index (χ0n) is 9.41. The lowest BCUT2D eigenvalue weighted by Gasteiger charge is -2.34. The van der Waals surface area contributed by atoms with Gasteiger partial charge in [-0.15, -0.1) is 0 Å². The van der Waals surface area contributed by atoms with Crippen molar-refractivity contribution in [2.75, 3.05) is 6.54 Å². The van der Waals surface area contributed by atoms with E-state index in [0.29, 0.717) is 16.5 Å².